The number of aliphatic hydroxyl groups is 5. The summed E-state index contributed by atoms with van der Waals surface area (Å²) < 4.78 is 4.54. The first-order valence-corrected chi connectivity index (χ1v) is 3.40. The number of hydrogen-bond donors (Lipinski definition) is 5. The summed E-state index contributed by atoms with van der Waals surface area (Å²) in [5.74, 6) is -2.20. The second-order valence-electron chi connectivity index (χ2n) is 2.62. The van der Waals surface area contributed by atoms with Crippen molar-refractivity contribution in [1.82, 2.24) is 0 Å². The van der Waals surface area contributed by atoms with Gasteiger partial charge in [-0.3, -0.25) is 0 Å². The molecule has 0 amide bonds. The van der Waals surface area contributed by atoms with Crippen molar-refractivity contribution in [3.63, 3.8) is 0 Å². The molecule has 0 aromatic rings. The Morgan fingerprint density at radius 1 is 1.33 bits per heavy atom. The first-order chi connectivity index (χ1) is 5.55. The van der Waals surface area contributed by atoms with Gasteiger partial charge in [0.05, 0.1) is 13.2 Å². The van der Waals surface area contributed by atoms with Crippen LogP contribution >= 0.6 is 0 Å². The zero-order valence-electron chi connectivity index (χ0n) is 6.21. The predicted molar refractivity (Wildman–Crippen MR) is 35.5 cm³/mol. The molecular weight excluding hydrogens is 168 g/mol. The maximum atomic E-state index is 9.23. The van der Waals surface area contributed by atoms with Crippen molar-refractivity contribution >= 4 is 0 Å². The van der Waals surface area contributed by atoms with E-state index < -0.39 is 31.2 Å². The van der Waals surface area contributed by atoms with E-state index in [-0.39, 0.29) is 6.10 Å². The fourth-order valence-corrected chi connectivity index (χ4v) is 1.02. The molecule has 0 aromatic heterocycles. The zero-order valence-corrected chi connectivity index (χ0v) is 6.21. The molecule has 1 rings (SSSR count). The van der Waals surface area contributed by atoms with Crippen molar-refractivity contribution in [3.8, 4) is 0 Å². The summed E-state index contributed by atoms with van der Waals surface area (Å²) >= 11 is 0. The van der Waals surface area contributed by atoms with Gasteiger partial charge < -0.3 is 30.3 Å². The molecule has 0 aromatic carbocycles. The average Bonchev–Trinajstić information content (AvgIpc) is 2.31. The van der Waals surface area contributed by atoms with Crippen LogP contribution < -0.4 is 0 Å². The minimum atomic E-state index is -2.20. The van der Waals surface area contributed by atoms with Crippen LogP contribution in [0.3, 0.4) is 0 Å². The number of hydrogen-bond acceptors (Lipinski definition) is 6. The van der Waals surface area contributed by atoms with Crippen LogP contribution in [0, 0.1) is 6.10 Å². The molecule has 1 saturated heterocycles. The minimum Gasteiger partial charge on any atom is -0.393 e. The zero-order chi connectivity index (χ0) is 9.35. The standard InChI is InChI=1S/C6H11O6/c7-1-3-4(9)5(10)6(11,2-8)12-3/h4-5,7-11H,1-2H2/t4-,5+,6+/m0/s1. The van der Waals surface area contributed by atoms with Gasteiger partial charge in [0.25, 0.3) is 0 Å². The molecule has 0 bridgehead atoms. The summed E-state index contributed by atoms with van der Waals surface area (Å²) in [4.78, 5) is 0. The highest BCUT2D eigenvalue weighted by Gasteiger charge is 2.53. The Morgan fingerprint density at radius 3 is 2.17 bits per heavy atom. The molecule has 12 heavy (non-hydrogen) atoms. The first-order valence-electron chi connectivity index (χ1n) is 3.40. The number of aliphatic hydroxyl groups excluding tert-OH is 4. The minimum absolute atomic E-state index is 0.251. The van der Waals surface area contributed by atoms with E-state index in [1.54, 1.807) is 0 Å². The normalized spacial score (nSPS) is 43.8. The van der Waals surface area contributed by atoms with Crippen LogP contribution in [-0.2, 0) is 4.74 Å². The summed E-state index contributed by atoms with van der Waals surface area (Å²) in [6.07, 6.45) is -3.35. The Morgan fingerprint density at radius 2 is 1.92 bits per heavy atom. The molecule has 1 aliphatic rings. The van der Waals surface area contributed by atoms with Crippen molar-refractivity contribution in [2.24, 2.45) is 0 Å². The third-order valence-corrected chi connectivity index (χ3v) is 1.78. The van der Waals surface area contributed by atoms with E-state index in [1.807, 2.05) is 0 Å². The summed E-state index contributed by atoms with van der Waals surface area (Å²) in [5, 5.41) is 44.6. The summed E-state index contributed by atoms with van der Waals surface area (Å²) in [7, 11) is 0. The van der Waals surface area contributed by atoms with Crippen LogP contribution in [0.1, 0.15) is 0 Å². The Bertz CT molecular complexity index is 162. The fraction of sp³-hybridized carbons (Fsp3) is 0.833. The predicted octanol–water partition coefficient (Wildman–Crippen LogP) is -3.06. The van der Waals surface area contributed by atoms with Gasteiger partial charge in [0.2, 0.25) is 5.79 Å². The quantitative estimate of drug-likeness (QED) is 0.308. The van der Waals surface area contributed by atoms with Crippen LogP contribution in [0.2, 0.25) is 0 Å². The molecule has 3 atom stereocenters. The van der Waals surface area contributed by atoms with Gasteiger partial charge in [0, 0.05) is 0 Å². The second-order valence-corrected chi connectivity index (χ2v) is 2.62. The molecule has 71 valence electrons. The van der Waals surface area contributed by atoms with Gasteiger partial charge in [-0.2, -0.15) is 0 Å². The van der Waals surface area contributed by atoms with Gasteiger partial charge in [0.1, 0.15) is 12.2 Å². The number of rotatable bonds is 2. The molecule has 1 radical (unpaired) electrons. The first kappa shape index (κ1) is 9.85. The highest BCUT2D eigenvalue weighted by atomic mass is 16.7. The molecule has 0 spiro atoms. The van der Waals surface area contributed by atoms with Gasteiger partial charge in [-0.05, 0) is 0 Å². The SMILES string of the molecule is OC[C]1O[C@](O)(CO)[C@H](O)[C@H]1O. The van der Waals surface area contributed by atoms with Gasteiger partial charge in [-0.25, -0.2) is 0 Å². The highest BCUT2D eigenvalue weighted by Crippen LogP contribution is 2.32. The summed E-state index contributed by atoms with van der Waals surface area (Å²) in [5.41, 5.74) is 0. The van der Waals surface area contributed by atoms with Gasteiger partial charge in [0.15, 0.2) is 6.10 Å². The molecule has 1 heterocycles. The van der Waals surface area contributed by atoms with Crippen molar-refractivity contribution in [2.45, 2.75) is 18.0 Å². The van der Waals surface area contributed by atoms with Crippen molar-refractivity contribution in [3.05, 3.63) is 6.10 Å². The molecule has 5 N–H and O–H groups in total. The lowest BCUT2D eigenvalue weighted by Gasteiger charge is -2.22. The Labute approximate surface area is 68.6 Å². The molecule has 1 aliphatic heterocycles. The smallest absolute Gasteiger partial charge is 0.219 e. The third-order valence-electron chi connectivity index (χ3n) is 1.78. The van der Waals surface area contributed by atoms with E-state index in [9.17, 15) is 5.11 Å². The highest BCUT2D eigenvalue weighted by molar-refractivity contribution is 5.05. The van der Waals surface area contributed by atoms with Crippen molar-refractivity contribution in [1.29, 1.82) is 0 Å². The monoisotopic (exact) mass is 179 g/mol. The van der Waals surface area contributed by atoms with Crippen LogP contribution in [0.5, 0.6) is 0 Å². The van der Waals surface area contributed by atoms with E-state index in [0.717, 1.165) is 0 Å². The lowest BCUT2D eigenvalue weighted by Crippen LogP contribution is -2.46. The molecule has 0 saturated carbocycles. The fourth-order valence-electron chi connectivity index (χ4n) is 1.02. The van der Waals surface area contributed by atoms with Gasteiger partial charge >= 0.3 is 0 Å². The average molecular weight is 179 g/mol. The molecule has 0 aliphatic carbocycles. The third kappa shape index (κ3) is 1.33. The van der Waals surface area contributed by atoms with E-state index >= 15 is 0 Å². The molecular formula is C6H11O6. The van der Waals surface area contributed by atoms with Gasteiger partial charge in [-0.1, -0.05) is 0 Å². The molecule has 1 fully saturated rings. The maximum Gasteiger partial charge on any atom is 0.219 e. The molecule has 6 heteroatoms. The van der Waals surface area contributed by atoms with Crippen LogP contribution in [-0.4, -0.2) is 56.7 Å². The summed E-state index contributed by atoms with van der Waals surface area (Å²) in [6.45, 7) is -1.46. The van der Waals surface area contributed by atoms with Crippen molar-refractivity contribution < 1.29 is 30.3 Å². The van der Waals surface area contributed by atoms with Gasteiger partial charge in [-0.15, -0.1) is 0 Å². The van der Waals surface area contributed by atoms with Crippen molar-refractivity contribution in [2.75, 3.05) is 13.2 Å². The van der Waals surface area contributed by atoms with E-state index in [0.29, 0.717) is 0 Å². The number of ether oxygens (including phenoxy) is 1. The van der Waals surface area contributed by atoms with E-state index in [2.05, 4.69) is 4.74 Å². The topological polar surface area (TPSA) is 110 Å². The lowest BCUT2D eigenvalue weighted by atomic mass is 10.1. The lowest BCUT2D eigenvalue weighted by molar-refractivity contribution is -0.234. The van der Waals surface area contributed by atoms with E-state index in [1.165, 1.54) is 0 Å². The van der Waals surface area contributed by atoms with Crippen LogP contribution in [0.25, 0.3) is 0 Å². The molecule has 0 unspecified atom stereocenters. The Hall–Kier alpha value is -0.240. The maximum absolute atomic E-state index is 9.23. The van der Waals surface area contributed by atoms with Crippen LogP contribution in [0.4, 0.5) is 0 Å². The Balaban J connectivity index is 2.72. The molecule has 6 nitrogen and oxygen atoms in total. The Kier molecular flexibility index (Phi) is 2.67. The summed E-state index contributed by atoms with van der Waals surface area (Å²) in [6, 6.07) is 0. The van der Waals surface area contributed by atoms with E-state index in [4.69, 9.17) is 20.4 Å². The van der Waals surface area contributed by atoms with Crippen LogP contribution in [0.15, 0.2) is 0 Å². The second kappa shape index (κ2) is 3.25. The largest absolute Gasteiger partial charge is 0.393 e.